The van der Waals surface area contributed by atoms with Crippen molar-refractivity contribution in [3.05, 3.63) is 60.2 Å². The second kappa shape index (κ2) is 11.3. The highest BCUT2D eigenvalue weighted by atomic mass is 32.2. The van der Waals surface area contributed by atoms with Crippen LogP contribution in [0.3, 0.4) is 0 Å². The summed E-state index contributed by atoms with van der Waals surface area (Å²) in [6.07, 6.45) is -3.06. The Bertz CT molecular complexity index is 1500. The lowest BCUT2D eigenvalue weighted by molar-refractivity contribution is -0.148. The Kier molecular flexibility index (Phi) is 8.24. The lowest BCUT2D eigenvalue weighted by Crippen LogP contribution is -2.46. The monoisotopic (exact) mass is 578 g/mol. The Hall–Kier alpha value is -3.87. The Morgan fingerprint density at radius 3 is 2.58 bits per heavy atom. The number of halogens is 3. The Labute approximate surface area is 230 Å². The maximum absolute atomic E-state index is 13.9. The molecule has 1 aliphatic heterocycles. The van der Waals surface area contributed by atoms with Gasteiger partial charge in [-0.2, -0.15) is 21.6 Å². The first-order chi connectivity index (χ1) is 18.8. The van der Waals surface area contributed by atoms with Gasteiger partial charge in [-0.05, 0) is 62.6 Å². The van der Waals surface area contributed by atoms with Crippen LogP contribution in [0.4, 0.5) is 24.8 Å². The fourth-order valence-electron chi connectivity index (χ4n) is 4.48. The normalized spacial score (nSPS) is 17.9. The molecule has 0 aliphatic carbocycles. The molecule has 4 rings (SSSR count). The van der Waals surface area contributed by atoms with Crippen LogP contribution in [0.25, 0.3) is 11.3 Å². The average Bonchev–Trinajstić information content (AvgIpc) is 2.91. The molecule has 0 amide bonds. The first-order valence-corrected chi connectivity index (χ1v) is 14.1. The van der Waals surface area contributed by atoms with Crippen LogP contribution in [0.2, 0.25) is 0 Å². The predicted molar refractivity (Wildman–Crippen MR) is 143 cm³/mol. The molecule has 9 nitrogen and oxygen atoms in total. The minimum absolute atomic E-state index is 0.0658. The second-order valence-electron chi connectivity index (χ2n) is 9.77. The maximum atomic E-state index is 13.9. The van der Waals surface area contributed by atoms with E-state index in [4.69, 9.17) is 4.74 Å². The number of alkyl halides is 3. The van der Waals surface area contributed by atoms with Crippen LogP contribution >= 0.6 is 0 Å². The second-order valence-corrected chi connectivity index (χ2v) is 11.4. The third kappa shape index (κ3) is 6.30. The molecule has 2 aromatic heterocycles. The van der Waals surface area contributed by atoms with Gasteiger partial charge in [-0.1, -0.05) is 25.1 Å². The number of anilines is 2. The number of rotatable bonds is 9. The van der Waals surface area contributed by atoms with Crippen molar-refractivity contribution in [2.24, 2.45) is 5.41 Å². The van der Waals surface area contributed by atoms with Gasteiger partial charge in [-0.15, -0.1) is 0 Å². The molecule has 0 unspecified atom stereocenters. The van der Waals surface area contributed by atoms with Crippen LogP contribution in [0, 0.1) is 5.41 Å². The van der Waals surface area contributed by atoms with E-state index in [0.29, 0.717) is 25.8 Å². The molecular formula is C27H29F3N4O5S. The van der Waals surface area contributed by atoms with Crippen molar-refractivity contribution in [1.29, 1.82) is 0 Å². The molecular weight excluding hydrogens is 549 g/mol. The molecule has 40 heavy (non-hydrogen) atoms. The first-order valence-electron chi connectivity index (χ1n) is 12.6. The Balaban J connectivity index is 1.68. The van der Waals surface area contributed by atoms with Gasteiger partial charge in [0.2, 0.25) is 0 Å². The van der Waals surface area contributed by atoms with Crippen molar-refractivity contribution in [2.45, 2.75) is 44.3 Å². The number of hydrogen-bond acceptors (Lipinski definition) is 7. The number of carboxylic acid groups (broad SMARTS) is 1. The van der Waals surface area contributed by atoms with Crippen LogP contribution in [0.5, 0.6) is 5.75 Å². The number of piperidine rings is 1. The Morgan fingerprint density at radius 1 is 1.12 bits per heavy atom. The SMILES string of the molecule is CCCOc1ccccc1-c1nc(NS(=O)(=O)c2cccc(N3CCC[C@@](C)(C(=O)O)C3)n2)ccc1C(F)(F)F. The van der Waals surface area contributed by atoms with Crippen molar-refractivity contribution >= 4 is 27.6 Å². The summed E-state index contributed by atoms with van der Waals surface area (Å²) in [5.41, 5.74) is -2.47. The largest absolute Gasteiger partial charge is 0.493 e. The summed E-state index contributed by atoms with van der Waals surface area (Å²) in [6.45, 7) is 4.40. The van der Waals surface area contributed by atoms with Crippen molar-refractivity contribution in [1.82, 2.24) is 9.97 Å². The van der Waals surface area contributed by atoms with Gasteiger partial charge < -0.3 is 14.7 Å². The van der Waals surface area contributed by atoms with Crippen LogP contribution in [0.1, 0.15) is 38.7 Å². The summed E-state index contributed by atoms with van der Waals surface area (Å²) >= 11 is 0. The summed E-state index contributed by atoms with van der Waals surface area (Å²) in [6, 6.07) is 12.1. The predicted octanol–water partition coefficient (Wildman–Crippen LogP) is 5.44. The molecule has 0 saturated carbocycles. The van der Waals surface area contributed by atoms with Crippen LogP contribution in [-0.4, -0.2) is 49.2 Å². The number of aromatic nitrogens is 2. The third-order valence-electron chi connectivity index (χ3n) is 6.56. The zero-order chi connectivity index (χ0) is 29.1. The number of nitrogens with zero attached hydrogens (tertiary/aromatic N) is 3. The summed E-state index contributed by atoms with van der Waals surface area (Å²) in [5, 5.41) is 9.22. The van der Waals surface area contributed by atoms with Gasteiger partial charge in [0.05, 0.1) is 23.3 Å². The number of sulfonamides is 1. The lowest BCUT2D eigenvalue weighted by atomic mass is 9.82. The summed E-state index contributed by atoms with van der Waals surface area (Å²) in [5.74, 6) is -0.824. The van der Waals surface area contributed by atoms with E-state index in [0.717, 1.165) is 12.1 Å². The van der Waals surface area contributed by atoms with E-state index in [2.05, 4.69) is 14.7 Å². The number of carboxylic acids is 1. The molecule has 3 aromatic rings. The molecule has 3 heterocycles. The van der Waals surface area contributed by atoms with Gasteiger partial charge in [0.15, 0.2) is 5.03 Å². The number of carbonyl (C=O) groups is 1. The number of benzene rings is 1. The van der Waals surface area contributed by atoms with Crippen molar-refractivity contribution in [3.63, 3.8) is 0 Å². The van der Waals surface area contributed by atoms with Gasteiger partial charge in [-0.25, -0.2) is 9.97 Å². The third-order valence-corrected chi connectivity index (χ3v) is 7.82. The maximum Gasteiger partial charge on any atom is 0.418 e. The van der Waals surface area contributed by atoms with E-state index >= 15 is 0 Å². The van der Waals surface area contributed by atoms with Crippen LogP contribution in [-0.2, 0) is 21.0 Å². The molecule has 1 fully saturated rings. The average molecular weight is 579 g/mol. The van der Waals surface area contributed by atoms with Crippen LogP contribution < -0.4 is 14.4 Å². The number of aliphatic carboxylic acids is 1. The molecule has 0 radical (unpaired) electrons. The quantitative estimate of drug-likeness (QED) is 0.344. The zero-order valence-corrected chi connectivity index (χ0v) is 22.7. The zero-order valence-electron chi connectivity index (χ0n) is 21.9. The van der Waals surface area contributed by atoms with Crippen molar-refractivity contribution in [3.8, 4) is 17.0 Å². The number of pyridine rings is 2. The first kappa shape index (κ1) is 29.1. The fourth-order valence-corrected chi connectivity index (χ4v) is 5.44. The smallest absolute Gasteiger partial charge is 0.418 e. The molecule has 0 spiro atoms. The molecule has 2 N–H and O–H groups in total. The summed E-state index contributed by atoms with van der Waals surface area (Å²) < 4.78 is 76.0. The number of hydrogen-bond donors (Lipinski definition) is 2. The highest BCUT2D eigenvalue weighted by Crippen LogP contribution is 2.40. The standard InChI is InChI=1S/C27H29F3N4O5S/c1-3-16-39-20-9-5-4-8-18(20)24-19(27(28,29)30)12-13-21(31-24)33-40(37,38)23-11-6-10-22(32-23)34-15-7-14-26(2,17-34)25(35)36/h4-6,8-13H,3,7,14-17H2,1-2H3,(H,31,33)(H,35,36)/t26-/m1/s1. The van der Waals surface area contributed by atoms with E-state index in [9.17, 15) is 31.5 Å². The van der Waals surface area contributed by atoms with Gasteiger partial charge in [0, 0.05) is 18.7 Å². The number of nitrogens with one attached hydrogen (secondary N) is 1. The topological polar surface area (TPSA) is 122 Å². The van der Waals surface area contributed by atoms with E-state index in [1.165, 1.54) is 30.3 Å². The van der Waals surface area contributed by atoms with Gasteiger partial charge in [0.1, 0.15) is 17.4 Å². The number of ether oxygens (including phenoxy) is 1. The van der Waals surface area contributed by atoms with E-state index in [1.54, 1.807) is 24.0 Å². The molecule has 0 bridgehead atoms. The van der Waals surface area contributed by atoms with E-state index < -0.39 is 38.8 Å². The molecule has 1 atom stereocenters. The molecule has 13 heteroatoms. The minimum atomic E-state index is -4.76. The number of para-hydroxylation sites is 1. The fraction of sp³-hybridized carbons (Fsp3) is 0.370. The lowest BCUT2D eigenvalue weighted by Gasteiger charge is -2.38. The molecule has 214 valence electrons. The van der Waals surface area contributed by atoms with Gasteiger partial charge in [-0.3, -0.25) is 9.52 Å². The summed E-state index contributed by atoms with van der Waals surface area (Å²) in [4.78, 5) is 21.7. The minimum Gasteiger partial charge on any atom is -0.493 e. The highest BCUT2D eigenvalue weighted by molar-refractivity contribution is 7.92. The molecule has 1 aromatic carbocycles. The van der Waals surface area contributed by atoms with Crippen molar-refractivity contribution in [2.75, 3.05) is 29.3 Å². The van der Waals surface area contributed by atoms with Crippen LogP contribution in [0.15, 0.2) is 59.6 Å². The van der Waals surface area contributed by atoms with E-state index in [-0.39, 0.29) is 41.1 Å². The van der Waals surface area contributed by atoms with Gasteiger partial charge in [0.25, 0.3) is 10.0 Å². The van der Waals surface area contributed by atoms with Gasteiger partial charge >= 0.3 is 12.1 Å². The summed E-state index contributed by atoms with van der Waals surface area (Å²) in [7, 11) is -4.37. The molecule has 1 aliphatic rings. The van der Waals surface area contributed by atoms with Crippen molar-refractivity contribution < 1.29 is 36.2 Å². The Morgan fingerprint density at radius 2 is 1.88 bits per heavy atom. The molecule has 1 saturated heterocycles. The van der Waals surface area contributed by atoms with E-state index in [1.807, 2.05) is 6.92 Å². The highest BCUT2D eigenvalue weighted by Gasteiger charge is 2.39.